The van der Waals surface area contributed by atoms with Crippen molar-refractivity contribution < 1.29 is 24.4 Å². The van der Waals surface area contributed by atoms with Gasteiger partial charge in [-0.1, -0.05) is 23.7 Å². The van der Waals surface area contributed by atoms with E-state index in [1.807, 2.05) is 12.1 Å². The van der Waals surface area contributed by atoms with Crippen LogP contribution < -0.4 is 9.64 Å². The Labute approximate surface area is 196 Å². The molecule has 2 N–H and O–H groups in total. The maximum atomic E-state index is 10.0. The minimum absolute atomic E-state index is 0.231. The minimum atomic E-state index is -0.646. The molecule has 0 bridgehead atoms. The fourth-order valence-corrected chi connectivity index (χ4v) is 5.34. The molecule has 1 aromatic carbocycles. The van der Waals surface area contributed by atoms with Crippen molar-refractivity contribution in [2.24, 2.45) is 0 Å². The molecule has 3 aliphatic heterocycles. The second-order valence-electron chi connectivity index (χ2n) is 8.84. The Morgan fingerprint density at radius 3 is 2.58 bits per heavy atom. The standard InChI is InChI=1S/C24H26ClN3O5/c25-16-9-18-17(26-22(16)14-3-5-15(6-4-14)27-7-1-2-8-27)10-21(28(18)13-29)33-20-12-32-23-19(30)11-31-24(20)23/h3-6,9-10,19-20,23-24,29-30H,1-2,7-8,11-13H2/t19-,20-,23-,24-/m1/s1. The van der Waals surface area contributed by atoms with Gasteiger partial charge in [-0.05, 0) is 31.0 Å². The van der Waals surface area contributed by atoms with Crippen LogP contribution in [0.1, 0.15) is 12.8 Å². The lowest BCUT2D eigenvalue weighted by molar-refractivity contribution is 0.00624. The first-order chi connectivity index (χ1) is 16.1. The highest BCUT2D eigenvalue weighted by atomic mass is 35.5. The molecule has 3 fully saturated rings. The highest BCUT2D eigenvalue weighted by molar-refractivity contribution is 6.33. The summed E-state index contributed by atoms with van der Waals surface area (Å²) in [5, 5.41) is 20.5. The summed E-state index contributed by atoms with van der Waals surface area (Å²) >= 11 is 6.63. The molecule has 174 valence electrons. The Kier molecular flexibility index (Phi) is 5.43. The van der Waals surface area contributed by atoms with Crippen molar-refractivity contribution in [3.05, 3.63) is 41.4 Å². The Hall–Kier alpha value is -2.36. The molecule has 6 rings (SSSR count). The zero-order valence-electron chi connectivity index (χ0n) is 18.1. The number of fused-ring (bicyclic) bond motifs is 2. The number of aliphatic hydroxyl groups is 2. The van der Waals surface area contributed by atoms with Gasteiger partial charge < -0.3 is 29.3 Å². The van der Waals surface area contributed by atoms with Gasteiger partial charge in [-0.15, -0.1) is 0 Å². The molecule has 9 heteroatoms. The van der Waals surface area contributed by atoms with E-state index in [1.54, 1.807) is 16.7 Å². The summed E-state index contributed by atoms with van der Waals surface area (Å²) in [7, 11) is 0. The zero-order valence-corrected chi connectivity index (χ0v) is 18.8. The molecule has 0 spiro atoms. The van der Waals surface area contributed by atoms with E-state index in [0.29, 0.717) is 34.2 Å². The average Bonchev–Trinajstić information content (AvgIpc) is 3.60. The first-order valence-corrected chi connectivity index (χ1v) is 11.7. The molecular weight excluding hydrogens is 446 g/mol. The molecule has 3 aromatic rings. The maximum Gasteiger partial charge on any atom is 0.198 e. The van der Waals surface area contributed by atoms with Gasteiger partial charge in [0.15, 0.2) is 12.0 Å². The SMILES string of the molecule is OCn1c(O[C@@H]2CO[C@H]3[C@@H]2OC[C@H]3O)cc2nc(-c3ccc(N4CCCC4)cc3)c(Cl)cc21. The van der Waals surface area contributed by atoms with Crippen molar-refractivity contribution in [3.8, 4) is 17.1 Å². The maximum absolute atomic E-state index is 10.0. The van der Waals surface area contributed by atoms with E-state index in [4.69, 9.17) is 30.8 Å². The van der Waals surface area contributed by atoms with Gasteiger partial charge in [0.05, 0.1) is 35.0 Å². The Balaban J connectivity index is 1.30. The molecule has 0 radical (unpaired) electrons. The monoisotopic (exact) mass is 471 g/mol. The Morgan fingerprint density at radius 2 is 1.82 bits per heavy atom. The van der Waals surface area contributed by atoms with Crippen LogP contribution >= 0.6 is 11.6 Å². The number of hydrogen-bond acceptors (Lipinski definition) is 7. The Bertz CT molecular complexity index is 1160. The summed E-state index contributed by atoms with van der Waals surface area (Å²) in [4.78, 5) is 7.18. The van der Waals surface area contributed by atoms with Gasteiger partial charge >= 0.3 is 0 Å². The van der Waals surface area contributed by atoms with E-state index in [2.05, 4.69) is 17.0 Å². The molecule has 4 atom stereocenters. The van der Waals surface area contributed by atoms with E-state index in [0.717, 1.165) is 18.7 Å². The van der Waals surface area contributed by atoms with E-state index < -0.39 is 6.10 Å². The fourth-order valence-electron chi connectivity index (χ4n) is 5.08. The number of ether oxygens (including phenoxy) is 3. The molecule has 0 amide bonds. The van der Waals surface area contributed by atoms with Crippen LogP contribution in [0, 0.1) is 0 Å². The van der Waals surface area contributed by atoms with Gasteiger partial charge in [0, 0.05) is 30.4 Å². The third-order valence-electron chi connectivity index (χ3n) is 6.81. The fraction of sp³-hybridized carbons (Fsp3) is 0.458. The molecule has 0 unspecified atom stereocenters. The first kappa shape index (κ1) is 21.2. The number of halogens is 1. The summed E-state index contributed by atoms with van der Waals surface area (Å²) in [6.45, 7) is 2.45. The third kappa shape index (κ3) is 3.66. The van der Waals surface area contributed by atoms with Crippen LogP contribution in [0.15, 0.2) is 36.4 Å². The van der Waals surface area contributed by atoms with Gasteiger partial charge in [0.2, 0.25) is 0 Å². The van der Waals surface area contributed by atoms with Crippen LogP contribution in [0.4, 0.5) is 5.69 Å². The lowest BCUT2D eigenvalue weighted by Gasteiger charge is -2.18. The molecule has 33 heavy (non-hydrogen) atoms. The highest BCUT2D eigenvalue weighted by Crippen LogP contribution is 2.36. The highest BCUT2D eigenvalue weighted by Gasteiger charge is 2.48. The number of aromatic nitrogens is 2. The van der Waals surface area contributed by atoms with Crippen LogP contribution in [0.3, 0.4) is 0 Å². The van der Waals surface area contributed by atoms with Gasteiger partial charge in [-0.25, -0.2) is 4.98 Å². The molecule has 8 nitrogen and oxygen atoms in total. The van der Waals surface area contributed by atoms with Crippen molar-refractivity contribution in [1.29, 1.82) is 0 Å². The predicted octanol–water partition coefficient (Wildman–Crippen LogP) is 2.81. The Morgan fingerprint density at radius 1 is 1.06 bits per heavy atom. The van der Waals surface area contributed by atoms with E-state index in [-0.39, 0.29) is 31.6 Å². The second-order valence-corrected chi connectivity index (χ2v) is 9.24. The smallest absolute Gasteiger partial charge is 0.198 e. The predicted molar refractivity (Wildman–Crippen MR) is 124 cm³/mol. The molecule has 3 saturated heterocycles. The second kappa shape index (κ2) is 8.45. The minimum Gasteiger partial charge on any atom is -0.470 e. The van der Waals surface area contributed by atoms with Crippen molar-refractivity contribution in [3.63, 3.8) is 0 Å². The van der Waals surface area contributed by atoms with Crippen molar-refractivity contribution in [2.45, 2.75) is 44.0 Å². The van der Waals surface area contributed by atoms with Crippen molar-refractivity contribution >= 4 is 28.3 Å². The number of anilines is 1. The molecular formula is C24H26ClN3O5. The summed E-state index contributed by atoms with van der Waals surface area (Å²) < 4.78 is 19.1. The van der Waals surface area contributed by atoms with Gasteiger partial charge in [0.25, 0.3) is 0 Å². The largest absolute Gasteiger partial charge is 0.470 e. The van der Waals surface area contributed by atoms with Crippen molar-refractivity contribution in [2.75, 3.05) is 31.2 Å². The van der Waals surface area contributed by atoms with Crippen LogP contribution in [-0.2, 0) is 16.2 Å². The number of hydrogen-bond donors (Lipinski definition) is 2. The molecule has 2 aromatic heterocycles. The summed E-state index contributed by atoms with van der Waals surface area (Å²) in [6.07, 6.45) is 0.719. The topological polar surface area (TPSA) is 89.2 Å². The normalized spacial score (nSPS) is 26.9. The molecule has 3 aliphatic rings. The molecule has 5 heterocycles. The summed E-state index contributed by atoms with van der Waals surface area (Å²) in [5.74, 6) is 0.455. The van der Waals surface area contributed by atoms with E-state index in [9.17, 15) is 10.2 Å². The molecule has 0 aliphatic carbocycles. The quantitative estimate of drug-likeness (QED) is 0.591. The summed E-state index contributed by atoms with van der Waals surface area (Å²) in [6, 6.07) is 11.9. The number of aliphatic hydroxyl groups excluding tert-OH is 2. The van der Waals surface area contributed by atoms with Gasteiger partial charge in [-0.3, -0.25) is 4.57 Å². The zero-order chi connectivity index (χ0) is 22.5. The van der Waals surface area contributed by atoms with Crippen LogP contribution in [-0.4, -0.2) is 70.5 Å². The van der Waals surface area contributed by atoms with Crippen LogP contribution in [0.5, 0.6) is 5.88 Å². The van der Waals surface area contributed by atoms with Crippen LogP contribution in [0.2, 0.25) is 5.02 Å². The third-order valence-corrected chi connectivity index (χ3v) is 7.10. The van der Waals surface area contributed by atoms with Crippen molar-refractivity contribution in [1.82, 2.24) is 9.55 Å². The van der Waals surface area contributed by atoms with Gasteiger partial charge in [0.1, 0.15) is 25.0 Å². The number of nitrogens with zero attached hydrogens (tertiary/aromatic N) is 3. The number of pyridine rings is 1. The number of benzene rings is 1. The lowest BCUT2D eigenvalue weighted by atomic mass is 10.1. The number of rotatable bonds is 5. The van der Waals surface area contributed by atoms with Crippen LogP contribution in [0.25, 0.3) is 22.3 Å². The van der Waals surface area contributed by atoms with E-state index in [1.165, 1.54) is 18.5 Å². The first-order valence-electron chi connectivity index (χ1n) is 11.4. The lowest BCUT2D eigenvalue weighted by Crippen LogP contribution is -2.35. The summed E-state index contributed by atoms with van der Waals surface area (Å²) in [5.41, 5.74) is 4.18. The average molecular weight is 472 g/mol. The van der Waals surface area contributed by atoms with Gasteiger partial charge in [-0.2, -0.15) is 0 Å². The molecule has 0 saturated carbocycles. The van der Waals surface area contributed by atoms with E-state index >= 15 is 0 Å².